The molecule has 1 aliphatic rings. The average Bonchev–Trinajstić information content (AvgIpc) is 2.39. The fourth-order valence-electron chi connectivity index (χ4n) is 2.20. The minimum Gasteiger partial charge on any atom is -0.456 e. The van der Waals surface area contributed by atoms with Crippen molar-refractivity contribution in [3.05, 3.63) is 29.8 Å². The number of methoxy groups -OCH3 is 1. The number of rotatable bonds is 3. The summed E-state index contributed by atoms with van der Waals surface area (Å²) in [6, 6.07) is 1.12. The van der Waals surface area contributed by atoms with Crippen LogP contribution in [0.3, 0.4) is 0 Å². The van der Waals surface area contributed by atoms with Gasteiger partial charge in [0.2, 0.25) is 0 Å². The first-order valence-electron chi connectivity index (χ1n) is 6.05. The largest absolute Gasteiger partial charge is 0.456 e. The third kappa shape index (κ3) is 3.04. The molecule has 4 nitrogen and oxygen atoms in total. The number of hydrogen-bond acceptors (Lipinski definition) is 4. The van der Waals surface area contributed by atoms with Crippen molar-refractivity contribution in [2.24, 2.45) is 0 Å². The highest BCUT2D eigenvalue weighted by molar-refractivity contribution is 5.89. The predicted molar refractivity (Wildman–Crippen MR) is 62.7 cm³/mol. The van der Waals surface area contributed by atoms with Gasteiger partial charge in [0.1, 0.15) is 11.9 Å². The monoisotopic (exact) mass is 253 g/mol. The number of carbonyl (C=O) groups is 1. The highest BCUT2D eigenvalue weighted by atomic mass is 19.1. The van der Waals surface area contributed by atoms with E-state index >= 15 is 0 Å². The van der Waals surface area contributed by atoms with Crippen LogP contribution in [0.4, 0.5) is 4.39 Å². The molecule has 5 heteroatoms. The Bertz CT molecular complexity index is 424. The van der Waals surface area contributed by atoms with Gasteiger partial charge in [0.25, 0.3) is 0 Å². The van der Waals surface area contributed by atoms with Gasteiger partial charge in [0.15, 0.2) is 0 Å². The summed E-state index contributed by atoms with van der Waals surface area (Å²) in [6.45, 7) is 0. The van der Waals surface area contributed by atoms with Gasteiger partial charge >= 0.3 is 5.97 Å². The summed E-state index contributed by atoms with van der Waals surface area (Å²) < 4.78 is 23.6. The van der Waals surface area contributed by atoms with Crippen LogP contribution in [-0.4, -0.2) is 30.3 Å². The second-order valence-corrected chi connectivity index (χ2v) is 4.39. The smallest absolute Gasteiger partial charge is 0.340 e. The zero-order valence-corrected chi connectivity index (χ0v) is 10.3. The van der Waals surface area contributed by atoms with Crippen LogP contribution in [-0.2, 0) is 9.47 Å². The quantitative estimate of drug-likeness (QED) is 0.776. The van der Waals surface area contributed by atoms with E-state index in [1.807, 2.05) is 0 Å². The van der Waals surface area contributed by atoms with Gasteiger partial charge in [-0.1, -0.05) is 6.42 Å². The molecule has 1 saturated carbocycles. The lowest BCUT2D eigenvalue weighted by Crippen LogP contribution is -2.35. The molecule has 98 valence electrons. The highest BCUT2D eigenvalue weighted by Crippen LogP contribution is 2.24. The van der Waals surface area contributed by atoms with E-state index < -0.39 is 11.8 Å². The first-order valence-corrected chi connectivity index (χ1v) is 6.05. The highest BCUT2D eigenvalue weighted by Gasteiger charge is 2.28. The fraction of sp³-hybridized carbons (Fsp3) is 0.538. The molecule has 0 unspecified atom stereocenters. The van der Waals surface area contributed by atoms with Gasteiger partial charge in [-0.15, -0.1) is 0 Å². The summed E-state index contributed by atoms with van der Waals surface area (Å²) in [4.78, 5) is 15.5. The molecule has 2 rings (SSSR count). The molecule has 0 aliphatic heterocycles. The van der Waals surface area contributed by atoms with E-state index in [1.54, 1.807) is 7.11 Å². The maximum atomic E-state index is 13.0. The maximum absolute atomic E-state index is 13.0. The molecule has 1 heterocycles. The normalized spacial score (nSPS) is 23.7. The molecule has 1 aromatic rings. The minimum atomic E-state index is -0.545. The van der Waals surface area contributed by atoms with Crippen LogP contribution in [0.5, 0.6) is 0 Å². The van der Waals surface area contributed by atoms with Crippen LogP contribution >= 0.6 is 0 Å². The molecule has 0 saturated heterocycles. The van der Waals surface area contributed by atoms with E-state index in [9.17, 15) is 9.18 Å². The van der Waals surface area contributed by atoms with E-state index in [0.717, 1.165) is 37.9 Å². The Balaban J connectivity index is 2.02. The van der Waals surface area contributed by atoms with Crippen molar-refractivity contribution in [3.8, 4) is 0 Å². The minimum absolute atomic E-state index is 0.0655. The second-order valence-electron chi connectivity index (χ2n) is 4.39. The molecule has 1 aliphatic carbocycles. The van der Waals surface area contributed by atoms with E-state index in [1.165, 1.54) is 6.20 Å². The summed E-state index contributed by atoms with van der Waals surface area (Å²) in [5, 5.41) is 0. The van der Waals surface area contributed by atoms with Crippen molar-refractivity contribution >= 4 is 5.97 Å². The average molecular weight is 253 g/mol. The number of halogens is 1. The maximum Gasteiger partial charge on any atom is 0.340 e. The number of aromatic nitrogens is 1. The molecule has 0 bridgehead atoms. The van der Waals surface area contributed by atoms with Crippen molar-refractivity contribution in [2.45, 2.75) is 37.9 Å². The molecule has 0 aromatic carbocycles. The first-order chi connectivity index (χ1) is 8.70. The van der Waals surface area contributed by atoms with Crippen LogP contribution in [0.1, 0.15) is 36.0 Å². The Hall–Kier alpha value is -1.49. The molecular weight excluding hydrogens is 237 g/mol. The van der Waals surface area contributed by atoms with Crippen molar-refractivity contribution in [1.82, 2.24) is 4.98 Å². The zero-order valence-electron chi connectivity index (χ0n) is 10.3. The Morgan fingerprint density at radius 1 is 1.33 bits per heavy atom. The van der Waals surface area contributed by atoms with E-state index in [0.29, 0.717) is 0 Å². The molecule has 0 amide bonds. The van der Waals surface area contributed by atoms with Crippen molar-refractivity contribution in [2.75, 3.05) is 7.11 Å². The molecule has 0 N–H and O–H groups in total. The van der Waals surface area contributed by atoms with Gasteiger partial charge in [-0.05, 0) is 25.3 Å². The molecule has 2 atom stereocenters. The zero-order chi connectivity index (χ0) is 13.0. The van der Waals surface area contributed by atoms with Gasteiger partial charge < -0.3 is 9.47 Å². The van der Waals surface area contributed by atoms with Crippen molar-refractivity contribution < 1.29 is 18.7 Å². The van der Waals surface area contributed by atoms with Crippen LogP contribution in [0.25, 0.3) is 0 Å². The Morgan fingerprint density at radius 2 is 2.06 bits per heavy atom. The number of nitrogens with zero attached hydrogens (tertiary/aromatic N) is 1. The van der Waals surface area contributed by atoms with Crippen LogP contribution in [0, 0.1) is 5.82 Å². The standard InChI is InChI=1S/C13H16FNO3/c1-17-11-4-2-3-5-12(11)18-13(16)9-6-10(14)8-15-7-9/h6-8,11-12H,2-5H2,1H3/t11-,12+/m1/s1. The van der Waals surface area contributed by atoms with Gasteiger partial charge in [-0.25, -0.2) is 9.18 Å². The van der Waals surface area contributed by atoms with Crippen molar-refractivity contribution in [1.29, 1.82) is 0 Å². The molecule has 1 fully saturated rings. The fourth-order valence-corrected chi connectivity index (χ4v) is 2.20. The lowest BCUT2D eigenvalue weighted by Gasteiger charge is -2.29. The summed E-state index contributed by atoms with van der Waals surface area (Å²) in [5.74, 6) is -1.09. The lowest BCUT2D eigenvalue weighted by molar-refractivity contribution is -0.0539. The topological polar surface area (TPSA) is 48.4 Å². The Kier molecular flexibility index (Phi) is 4.25. The lowest BCUT2D eigenvalue weighted by atomic mass is 9.94. The second kappa shape index (κ2) is 5.91. The van der Waals surface area contributed by atoms with Crippen molar-refractivity contribution in [3.63, 3.8) is 0 Å². The summed E-state index contributed by atoms with van der Waals surface area (Å²) in [6.07, 6.45) is 5.80. The van der Waals surface area contributed by atoms with Crippen LogP contribution in [0.2, 0.25) is 0 Å². The first kappa shape index (κ1) is 13.0. The van der Waals surface area contributed by atoms with Crippen LogP contribution in [0.15, 0.2) is 18.5 Å². The number of esters is 1. The number of hydrogen-bond donors (Lipinski definition) is 0. The van der Waals surface area contributed by atoms with Crippen LogP contribution < -0.4 is 0 Å². The number of pyridine rings is 1. The molecule has 0 radical (unpaired) electrons. The molecule has 18 heavy (non-hydrogen) atoms. The third-order valence-electron chi connectivity index (χ3n) is 3.14. The Labute approximate surface area is 105 Å². The SMILES string of the molecule is CO[C@@H]1CCCC[C@@H]1OC(=O)c1cncc(F)c1. The summed E-state index contributed by atoms with van der Waals surface area (Å²) in [5.41, 5.74) is 0.135. The number of carbonyl (C=O) groups excluding carboxylic acids is 1. The van der Waals surface area contributed by atoms with Gasteiger partial charge in [0, 0.05) is 13.3 Å². The third-order valence-corrected chi connectivity index (χ3v) is 3.14. The summed E-state index contributed by atoms with van der Waals surface area (Å²) >= 11 is 0. The number of ether oxygens (including phenoxy) is 2. The van der Waals surface area contributed by atoms with Gasteiger partial charge in [-0.3, -0.25) is 4.98 Å². The van der Waals surface area contributed by atoms with Gasteiger partial charge in [-0.2, -0.15) is 0 Å². The summed E-state index contributed by atoms with van der Waals surface area (Å²) in [7, 11) is 1.61. The predicted octanol–water partition coefficient (Wildman–Crippen LogP) is 2.34. The Morgan fingerprint density at radius 3 is 2.72 bits per heavy atom. The molecule has 0 spiro atoms. The van der Waals surface area contributed by atoms with Gasteiger partial charge in [0.05, 0.1) is 17.9 Å². The molecular formula is C13H16FNO3. The van der Waals surface area contributed by atoms with E-state index in [4.69, 9.17) is 9.47 Å². The van der Waals surface area contributed by atoms with E-state index in [2.05, 4.69) is 4.98 Å². The van der Waals surface area contributed by atoms with E-state index in [-0.39, 0.29) is 17.8 Å². The molecule has 1 aromatic heterocycles.